The summed E-state index contributed by atoms with van der Waals surface area (Å²) in [5.41, 5.74) is 6.01. The maximum atomic E-state index is 11.8. The summed E-state index contributed by atoms with van der Waals surface area (Å²) in [6.07, 6.45) is 6.95. The van der Waals surface area contributed by atoms with Gasteiger partial charge in [-0.3, -0.25) is 9.59 Å². The minimum Gasteiger partial charge on any atom is -0.353 e. The van der Waals surface area contributed by atoms with Crippen LogP contribution in [0.25, 0.3) is 0 Å². The van der Waals surface area contributed by atoms with Crippen LogP contribution in [0.3, 0.4) is 0 Å². The van der Waals surface area contributed by atoms with Gasteiger partial charge in [-0.2, -0.15) is 0 Å². The number of amides is 2. The zero-order chi connectivity index (χ0) is 13.0. The van der Waals surface area contributed by atoms with Crippen molar-refractivity contribution in [3.8, 4) is 0 Å². The molecule has 2 fully saturated rings. The highest BCUT2D eigenvalue weighted by molar-refractivity contribution is 5.85. The van der Waals surface area contributed by atoms with Crippen molar-refractivity contribution in [2.75, 3.05) is 19.6 Å². The Hall–Kier alpha value is -1.10. The van der Waals surface area contributed by atoms with Gasteiger partial charge in [-0.15, -0.1) is 0 Å². The van der Waals surface area contributed by atoms with Gasteiger partial charge < -0.3 is 16.0 Å². The van der Waals surface area contributed by atoms with E-state index in [0.29, 0.717) is 19.5 Å². The Balaban J connectivity index is 1.72. The Morgan fingerprint density at radius 1 is 1.28 bits per heavy atom. The molecule has 1 aliphatic carbocycles. The Morgan fingerprint density at radius 3 is 2.61 bits per heavy atom. The van der Waals surface area contributed by atoms with Gasteiger partial charge in [0.05, 0.1) is 6.54 Å². The SMILES string of the molecule is NC1(CNC(=O)CN2CCCC2=O)CCCCC1. The van der Waals surface area contributed by atoms with Gasteiger partial charge in [-0.05, 0) is 19.3 Å². The van der Waals surface area contributed by atoms with E-state index in [1.54, 1.807) is 4.90 Å². The van der Waals surface area contributed by atoms with Crippen molar-refractivity contribution in [3.63, 3.8) is 0 Å². The minimum atomic E-state index is -0.233. The lowest BCUT2D eigenvalue weighted by molar-refractivity contribution is -0.133. The summed E-state index contributed by atoms with van der Waals surface area (Å²) in [5.74, 6) is 0.00549. The van der Waals surface area contributed by atoms with Gasteiger partial charge in [0.25, 0.3) is 0 Å². The quantitative estimate of drug-likeness (QED) is 0.761. The van der Waals surface area contributed by atoms with E-state index in [2.05, 4.69) is 5.32 Å². The first-order valence-electron chi connectivity index (χ1n) is 6.92. The van der Waals surface area contributed by atoms with Gasteiger partial charge in [-0.25, -0.2) is 0 Å². The predicted molar refractivity (Wildman–Crippen MR) is 68.8 cm³/mol. The molecule has 1 heterocycles. The molecular weight excluding hydrogens is 230 g/mol. The number of carbonyl (C=O) groups is 2. The van der Waals surface area contributed by atoms with Crippen molar-refractivity contribution in [1.82, 2.24) is 10.2 Å². The van der Waals surface area contributed by atoms with E-state index in [-0.39, 0.29) is 23.9 Å². The van der Waals surface area contributed by atoms with Crippen LogP contribution in [-0.2, 0) is 9.59 Å². The highest BCUT2D eigenvalue weighted by atomic mass is 16.2. The maximum Gasteiger partial charge on any atom is 0.239 e. The lowest BCUT2D eigenvalue weighted by Gasteiger charge is -2.33. The third-order valence-electron chi connectivity index (χ3n) is 3.99. The maximum absolute atomic E-state index is 11.8. The van der Waals surface area contributed by atoms with E-state index in [1.807, 2.05) is 0 Å². The number of hydrogen-bond donors (Lipinski definition) is 2. The first kappa shape index (κ1) is 13.3. The summed E-state index contributed by atoms with van der Waals surface area (Å²) in [6, 6.07) is 0. The number of carbonyl (C=O) groups excluding carboxylic acids is 2. The third-order valence-corrected chi connectivity index (χ3v) is 3.99. The van der Waals surface area contributed by atoms with Crippen LogP contribution >= 0.6 is 0 Å². The van der Waals surface area contributed by atoms with Crippen molar-refractivity contribution >= 4 is 11.8 Å². The molecule has 0 bridgehead atoms. The highest BCUT2D eigenvalue weighted by Gasteiger charge is 2.28. The van der Waals surface area contributed by atoms with Crippen LogP contribution in [0.5, 0.6) is 0 Å². The number of nitrogens with zero attached hydrogens (tertiary/aromatic N) is 1. The lowest BCUT2D eigenvalue weighted by Crippen LogP contribution is -2.52. The van der Waals surface area contributed by atoms with Gasteiger partial charge in [0.2, 0.25) is 11.8 Å². The number of rotatable bonds is 4. The Morgan fingerprint density at radius 2 is 2.00 bits per heavy atom. The van der Waals surface area contributed by atoms with Gasteiger partial charge in [0.1, 0.15) is 0 Å². The molecule has 5 nitrogen and oxygen atoms in total. The Bertz CT molecular complexity index is 324. The van der Waals surface area contributed by atoms with Crippen LogP contribution in [0, 0.1) is 0 Å². The lowest BCUT2D eigenvalue weighted by atomic mass is 9.82. The highest BCUT2D eigenvalue weighted by Crippen LogP contribution is 2.25. The summed E-state index contributed by atoms with van der Waals surface area (Å²) in [6.45, 7) is 1.43. The summed E-state index contributed by atoms with van der Waals surface area (Å²) in [5, 5.41) is 2.88. The topological polar surface area (TPSA) is 75.4 Å². The van der Waals surface area contributed by atoms with E-state index < -0.39 is 0 Å². The fourth-order valence-electron chi connectivity index (χ4n) is 2.81. The zero-order valence-electron chi connectivity index (χ0n) is 10.9. The third kappa shape index (κ3) is 3.45. The van der Waals surface area contributed by atoms with Crippen LogP contribution in [0.15, 0.2) is 0 Å². The summed E-state index contributed by atoms with van der Waals surface area (Å²) in [4.78, 5) is 24.8. The summed E-state index contributed by atoms with van der Waals surface area (Å²) >= 11 is 0. The second kappa shape index (κ2) is 5.69. The average Bonchev–Trinajstić information content (AvgIpc) is 2.74. The van der Waals surface area contributed by atoms with Gasteiger partial charge in [-0.1, -0.05) is 19.3 Å². The van der Waals surface area contributed by atoms with E-state index >= 15 is 0 Å². The van der Waals surface area contributed by atoms with Crippen molar-refractivity contribution in [3.05, 3.63) is 0 Å². The standard InChI is InChI=1S/C13H23N3O2/c14-13(6-2-1-3-7-13)10-15-11(17)9-16-8-4-5-12(16)18/h1-10,14H2,(H,15,17). The molecule has 102 valence electrons. The number of nitrogens with one attached hydrogen (secondary N) is 1. The zero-order valence-corrected chi connectivity index (χ0v) is 10.9. The summed E-state index contributed by atoms with van der Waals surface area (Å²) < 4.78 is 0. The van der Waals surface area contributed by atoms with Gasteiger partial charge in [0, 0.05) is 25.0 Å². The monoisotopic (exact) mass is 253 g/mol. The average molecular weight is 253 g/mol. The van der Waals surface area contributed by atoms with Crippen LogP contribution in [0.1, 0.15) is 44.9 Å². The normalized spacial score (nSPS) is 23.2. The number of likely N-dealkylation sites (tertiary alicyclic amines) is 1. The van der Waals surface area contributed by atoms with Crippen molar-refractivity contribution in [2.24, 2.45) is 5.73 Å². The first-order chi connectivity index (χ1) is 8.59. The molecule has 2 aliphatic rings. The van der Waals surface area contributed by atoms with Crippen LogP contribution in [0.2, 0.25) is 0 Å². The predicted octanol–water partition coefficient (Wildman–Crippen LogP) is 0.387. The van der Waals surface area contributed by atoms with Crippen LogP contribution < -0.4 is 11.1 Å². The molecule has 1 saturated carbocycles. The van der Waals surface area contributed by atoms with E-state index in [0.717, 1.165) is 32.1 Å². The molecule has 0 aromatic heterocycles. The van der Waals surface area contributed by atoms with Gasteiger partial charge in [0.15, 0.2) is 0 Å². The molecule has 0 radical (unpaired) electrons. The molecule has 0 atom stereocenters. The van der Waals surface area contributed by atoms with E-state index in [1.165, 1.54) is 6.42 Å². The fourth-order valence-corrected chi connectivity index (χ4v) is 2.81. The van der Waals surface area contributed by atoms with Gasteiger partial charge >= 0.3 is 0 Å². The second-order valence-electron chi connectivity index (χ2n) is 5.62. The molecule has 5 heteroatoms. The second-order valence-corrected chi connectivity index (χ2v) is 5.62. The Labute approximate surface area is 108 Å². The molecule has 1 saturated heterocycles. The molecule has 0 spiro atoms. The molecule has 3 N–H and O–H groups in total. The largest absolute Gasteiger partial charge is 0.353 e. The van der Waals surface area contributed by atoms with E-state index in [4.69, 9.17) is 5.73 Å². The molecule has 0 unspecified atom stereocenters. The molecule has 2 amide bonds. The smallest absolute Gasteiger partial charge is 0.239 e. The first-order valence-corrected chi connectivity index (χ1v) is 6.92. The number of nitrogens with two attached hydrogens (primary N) is 1. The minimum absolute atomic E-state index is 0.0827. The molecule has 0 aromatic carbocycles. The summed E-state index contributed by atoms with van der Waals surface area (Å²) in [7, 11) is 0. The van der Waals surface area contributed by atoms with Crippen molar-refractivity contribution in [2.45, 2.75) is 50.5 Å². The molecular formula is C13H23N3O2. The fraction of sp³-hybridized carbons (Fsp3) is 0.846. The molecule has 1 aliphatic heterocycles. The molecule has 2 rings (SSSR count). The van der Waals surface area contributed by atoms with Crippen LogP contribution in [0.4, 0.5) is 0 Å². The molecule has 0 aromatic rings. The van der Waals surface area contributed by atoms with Crippen LogP contribution in [-0.4, -0.2) is 41.9 Å². The van der Waals surface area contributed by atoms with E-state index in [9.17, 15) is 9.59 Å². The Kier molecular flexibility index (Phi) is 4.22. The van der Waals surface area contributed by atoms with Crippen molar-refractivity contribution < 1.29 is 9.59 Å². The van der Waals surface area contributed by atoms with Crippen molar-refractivity contribution in [1.29, 1.82) is 0 Å². The number of hydrogen-bond acceptors (Lipinski definition) is 3. The molecule has 18 heavy (non-hydrogen) atoms.